The summed E-state index contributed by atoms with van der Waals surface area (Å²) in [5, 5.41) is 12.8. The summed E-state index contributed by atoms with van der Waals surface area (Å²) < 4.78 is 5.78. The van der Waals surface area contributed by atoms with Gasteiger partial charge in [-0.25, -0.2) is 0 Å². The summed E-state index contributed by atoms with van der Waals surface area (Å²) in [6, 6.07) is 8.41. The van der Waals surface area contributed by atoms with Crippen LogP contribution in [0.25, 0.3) is 0 Å². The van der Waals surface area contributed by atoms with E-state index in [0.717, 1.165) is 31.6 Å². The monoisotopic (exact) mass is 293 g/mol. The van der Waals surface area contributed by atoms with E-state index in [2.05, 4.69) is 57.3 Å². The molecule has 0 aliphatic rings. The highest BCUT2D eigenvalue weighted by molar-refractivity contribution is 5.29. The molecule has 0 spiro atoms. The van der Waals surface area contributed by atoms with E-state index in [4.69, 9.17) is 4.74 Å². The fraction of sp³-hybridized carbons (Fsp3) is 0.667. The van der Waals surface area contributed by atoms with Crippen molar-refractivity contribution < 1.29 is 9.84 Å². The van der Waals surface area contributed by atoms with Crippen molar-refractivity contribution in [2.75, 3.05) is 19.8 Å². The summed E-state index contributed by atoms with van der Waals surface area (Å²) in [6.45, 7) is 10.3. The highest BCUT2D eigenvalue weighted by atomic mass is 16.5. The summed E-state index contributed by atoms with van der Waals surface area (Å²) in [6.07, 6.45) is 2.99. The normalized spacial score (nSPS) is 15.5. The average molecular weight is 293 g/mol. The van der Waals surface area contributed by atoms with Crippen molar-refractivity contribution >= 4 is 0 Å². The van der Waals surface area contributed by atoms with E-state index in [9.17, 15) is 5.11 Å². The van der Waals surface area contributed by atoms with Gasteiger partial charge in [0.05, 0.1) is 13.2 Å². The molecular formula is C18H31NO2. The quantitative estimate of drug-likeness (QED) is 0.646. The molecule has 0 aromatic heterocycles. The third-order valence-electron chi connectivity index (χ3n) is 4.16. The van der Waals surface area contributed by atoms with Crippen molar-refractivity contribution in [2.24, 2.45) is 0 Å². The Balaban J connectivity index is 2.35. The molecule has 3 nitrogen and oxygen atoms in total. The second kappa shape index (κ2) is 9.06. The van der Waals surface area contributed by atoms with Crippen molar-refractivity contribution in [2.45, 2.75) is 58.4 Å². The zero-order valence-corrected chi connectivity index (χ0v) is 14.0. The van der Waals surface area contributed by atoms with E-state index in [-0.39, 0.29) is 12.1 Å². The number of likely N-dealkylation sites (N-methyl/N-ethyl adjacent to an activating group) is 1. The van der Waals surface area contributed by atoms with Gasteiger partial charge in [-0.1, -0.05) is 32.9 Å². The van der Waals surface area contributed by atoms with E-state index < -0.39 is 0 Å². The predicted octanol–water partition coefficient (Wildman–Crippen LogP) is 3.72. The van der Waals surface area contributed by atoms with E-state index in [1.54, 1.807) is 0 Å². The Bertz CT molecular complexity index is 391. The van der Waals surface area contributed by atoms with Crippen LogP contribution < -0.4 is 10.1 Å². The Labute approximate surface area is 129 Å². The first-order valence-electron chi connectivity index (χ1n) is 8.13. The van der Waals surface area contributed by atoms with Gasteiger partial charge in [-0.15, -0.1) is 0 Å². The molecule has 120 valence electrons. The molecular weight excluding hydrogens is 262 g/mol. The standard InChI is InChI=1S/C18H31NO2/c1-5-15(3)16-8-10-17(11-9-16)21-13-7-12-18(4,14-20)19-6-2/h8-11,15,19-20H,5-7,12-14H2,1-4H3. The van der Waals surface area contributed by atoms with Crippen LogP contribution in [0.3, 0.4) is 0 Å². The maximum absolute atomic E-state index is 9.44. The number of ether oxygens (including phenoxy) is 1. The van der Waals surface area contributed by atoms with Gasteiger partial charge in [0, 0.05) is 5.54 Å². The summed E-state index contributed by atoms with van der Waals surface area (Å²) in [5.41, 5.74) is 1.17. The van der Waals surface area contributed by atoms with Gasteiger partial charge in [0.1, 0.15) is 5.75 Å². The molecule has 2 unspecified atom stereocenters. The van der Waals surface area contributed by atoms with Gasteiger partial charge in [-0.05, 0) is 56.3 Å². The summed E-state index contributed by atoms with van der Waals surface area (Å²) >= 11 is 0. The molecule has 0 fully saturated rings. The van der Waals surface area contributed by atoms with Gasteiger partial charge in [0.15, 0.2) is 0 Å². The SMILES string of the molecule is CCNC(C)(CO)CCCOc1ccc(C(C)CC)cc1. The topological polar surface area (TPSA) is 41.5 Å². The molecule has 1 rings (SSSR count). The Hall–Kier alpha value is -1.06. The van der Waals surface area contributed by atoms with Crippen LogP contribution in [0.4, 0.5) is 0 Å². The van der Waals surface area contributed by atoms with Crippen LogP contribution in [-0.2, 0) is 0 Å². The lowest BCUT2D eigenvalue weighted by Gasteiger charge is -2.28. The smallest absolute Gasteiger partial charge is 0.119 e. The molecule has 3 heteroatoms. The van der Waals surface area contributed by atoms with Gasteiger partial charge in [0.25, 0.3) is 0 Å². The van der Waals surface area contributed by atoms with Crippen LogP contribution in [0, 0.1) is 0 Å². The number of aliphatic hydroxyl groups is 1. The van der Waals surface area contributed by atoms with Gasteiger partial charge in [-0.2, -0.15) is 0 Å². The Morgan fingerprint density at radius 3 is 2.43 bits per heavy atom. The van der Waals surface area contributed by atoms with E-state index >= 15 is 0 Å². The molecule has 0 heterocycles. The van der Waals surface area contributed by atoms with Gasteiger partial charge < -0.3 is 15.2 Å². The second-order valence-electron chi connectivity index (χ2n) is 6.08. The lowest BCUT2D eigenvalue weighted by Crippen LogP contribution is -2.45. The van der Waals surface area contributed by atoms with E-state index in [1.807, 2.05) is 0 Å². The van der Waals surface area contributed by atoms with Crippen LogP contribution in [0.1, 0.15) is 58.4 Å². The van der Waals surface area contributed by atoms with E-state index in [1.165, 1.54) is 5.56 Å². The maximum Gasteiger partial charge on any atom is 0.119 e. The summed E-state index contributed by atoms with van der Waals surface area (Å²) in [7, 11) is 0. The second-order valence-corrected chi connectivity index (χ2v) is 6.08. The number of nitrogens with one attached hydrogen (secondary N) is 1. The molecule has 1 aromatic rings. The van der Waals surface area contributed by atoms with Crippen molar-refractivity contribution in [1.29, 1.82) is 0 Å². The average Bonchev–Trinajstić information content (AvgIpc) is 2.51. The van der Waals surface area contributed by atoms with Gasteiger partial charge in [0.2, 0.25) is 0 Å². The molecule has 21 heavy (non-hydrogen) atoms. The predicted molar refractivity (Wildman–Crippen MR) is 89.0 cm³/mol. The lowest BCUT2D eigenvalue weighted by molar-refractivity contribution is 0.158. The van der Waals surface area contributed by atoms with E-state index in [0.29, 0.717) is 12.5 Å². The highest BCUT2D eigenvalue weighted by Gasteiger charge is 2.20. The third kappa shape index (κ3) is 6.06. The minimum atomic E-state index is -0.196. The highest BCUT2D eigenvalue weighted by Crippen LogP contribution is 2.21. The molecule has 0 aliphatic carbocycles. The van der Waals surface area contributed by atoms with Gasteiger partial charge in [-0.3, -0.25) is 0 Å². The zero-order valence-electron chi connectivity index (χ0n) is 14.0. The number of benzene rings is 1. The number of hydrogen-bond acceptors (Lipinski definition) is 3. The molecule has 2 N–H and O–H groups in total. The summed E-state index contributed by atoms with van der Waals surface area (Å²) in [4.78, 5) is 0. The zero-order chi connectivity index (χ0) is 15.7. The van der Waals surface area contributed by atoms with Crippen LogP contribution in [0.2, 0.25) is 0 Å². The van der Waals surface area contributed by atoms with Crippen LogP contribution >= 0.6 is 0 Å². The first-order chi connectivity index (χ1) is 10.0. The van der Waals surface area contributed by atoms with Crippen molar-refractivity contribution in [3.05, 3.63) is 29.8 Å². The molecule has 2 atom stereocenters. The molecule has 0 saturated heterocycles. The third-order valence-corrected chi connectivity index (χ3v) is 4.16. The van der Waals surface area contributed by atoms with Gasteiger partial charge >= 0.3 is 0 Å². The number of rotatable bonds is 10. The molecule has 0 radical (unpaired) electrons. The Kier molecular flexibility index (Phi) is 7.76. The first kappa shape index (κ1) is 18.0. The Morgan fingerprint density at radius 1 is 1.24 bits per heavy atom. The minimum absolute atomic E-state index is 0.157. The number of aliphatic hydroxyl groups excluding tert-OH is 1. The van der Waals surface area contributed by atoms with Crippen molar-refractivity contribution in [3.63, 3.8) is 0 Å². The van der Waals surface area contributed by atoms with Crippen LogP contribution in [0.5, 0.6) is 5.75 Å². The van der Waals surface area contributed by atoms with Crippen molar-refractivity contribution in [1.82, 2.24) is 5.32 Å². The first-order valence-corrected chi connectivity index (χ1v) is 8.13. The molecule has 0 aliphatic heterocycles. The maximum atomic E-state index is 9.44. The van der Waals surface area contributed by atoms with Crippen LogP contribution in [-0.4, -0.2) is 30.4 Å². The fourth-order valence-corrected chi connectivity index (χ4v) is 2.43. The Morgan fingerprint density at radius 2 is 1.90 bits per heavy atom. The number of hydrogen-bond donors (Lipinski definition) is 2. The van der Waals surface area contributed by atoms with Crippen molar-refractivity contribution in [3.8, 4) is 5.75 Å². The van der Waals surface area contributed by atoms with Crippen LogP contribution in [0.15, 0.2) is 24.3 Å². The fourth-order valence-electron chi connectivity index (χ4n) is 2.43. The summed E-state index contributed by atoms with van der Waals surface area (Å²) in [5.74, 6) is 1.53. The molecule has 0 bridgehead atoms. The molecule has 1 aromatic carbocycles. The molecule has 0 amide bonds. The largest absolute Gasteiger partial charge is 0.494 e. The molecule has 0 saturated carbocycles. The minimum Gasteiger partial charge on any atom is -0.494 e. The lowest BCUT2D eigenvalue weighted by atomic mass is 9.97.